The maximum absolute atomic E-state index is 3.48. The van der Waals surface area contributed by atoms with E-state index < -0.39 is 20.0 Å². The van der Waals surface area contributed by atoms with Crippen molar-refractivity contribution in [2.75, 3.05) is 0 Å². The Morgan fingerprint density at radius 2 is 0.731 bits per heavy atom. The van der Waals surface area contributed by atoms with Gasteiger partial charge in [0.1, 0.15) is 0 Å². The first-order valence-corrected chi connectivity index (χ1v) is 30.8. The van der Waals surface area contributed by atoms with Crippen LogP contribution in [-0.4, -0.2) is 0 Å². The van der Waals surface area contributed by atoms with Gasteiger partial charge in [-0.25, -0.2) is 0 Å². The molecule has 0 N–H and O–H groups in total. The van der Waals surface area contributed by atoms with Crippen LogP contribution in [0.5, 0.6) is 0 Å². The van der Waals surface area contributed by atoms with E-state index in [1.807, 2.05) is 0 Å². The molecule has 0 saturated carbocycles. The molecule has 9 rings (SSSR count). The van der Waals surface area contributed by atoms with Gasteiger partial charge in [0.2, 0.25) is 0 Å². The molecule has 4 bridgehead atoms. The van der Waals surface area contributed by atoms with Crippen molar-refractivity contribution in [2.24, 2.45) is 5.41 Å². The normalized spacial score (nSPS) is 19.2. The van der Waals surface area contributed by atoms with E-state index in [9.17, 15) is 0 Å². The van der Waals surface area contributed by atoms with Gasteiger partial charge in [-0.1, -0.05) is 0 Å². The standard InChI is InChI=1S/C49H42.2CH3.Hf/c1-3-31-49(32-4-2,47-43-21-13-11-19-41(43)33-45(47)39-27-23-37(24-28-39)35-15-7-5-8-16-35)48-44-22-14-12-20-42(44)34-46(48)40-29-25-38(26-30-40)36-17-9-6-10-18-36;;;/h5-30,33-34H,3-4,31-32H2,1-2H3;2*1H3;. The van der Waals surface area contributed by atoms with Crippen LogP contribution in [0.2, 0.25) is 9.36 Å². The minimum absolute atomic E-state index is 0.107. The first-order chi connectivity index (χ1) is 25.5. The van der Waals surface area contributed by atoms with Gasteiger partial charge >= 0.3 is 317 Å². The molecule has 0 spiro atoms. The second-order valence-electron chi connectivity index (χ2n) is 15.9. The van der Waals surface area contributed by atoms with Crippen LogP contribution in [0.25, 0.3) is 44.5 Å². The molecule has 0 radical (unpaired) electrons. The Labute approximate surface area is 315 Å². The molecular weight excluding hydrogens is 791 g/mol. The number of allylic oxidation sites excluding steroid dienone is 4. The summed E-state index contributed by atoms with van der Waals surface area (Å²) in [5, 5.41) is 0. The van der Waals surface area contributed by atoms with E-state index >= 15 is 0 Å². The summed E-state index contributed by atoms with van der Waals surface area (Å²) in [6, 6.07) is 60.4. The van der Waals surface area contributed by atoms with Crippen LogP contribution in [0.4, 0.5) is 0 Å². The van der Waals surface area contributed by atoms with E-state index in [1.54, 1.807) is 33.4 Å². The summed E-state index contributed by atoms with van der Waals surface area (Å²) >= 11 is -3.48. The summed E-state index contributed by atoms with van der Waals surface area (Å²) in [5.74, 6) is 0. The van der Waals surface area contributed by atoms with Crippen LogP contribution in [0.15, 0.2) is 158 Å². The first-order valence-electron chi connectivity index (χ1n) is 19.5. The van der Waals surface area contributed by atoms with E-state index in [2.05, 4.69) is 181 Å². The SMILES string of the molecule is CCCC1(CCC)C2=C(c3ccc(-c4ccccc4)cc3)[CH](c3ccccc32)[Hf]([CH3])([CH3])[CH]2C(c3ccc(-c4ccccc4)cc3)=C1c1ccccc12. The number of rotatable bonds is 8. The molecule has 52 heavy (non-hydrogen) atoms. The Kier molecular flexibility index (Phi) is 8.55. The average molecular weight is 839 g/mol. The fourth-order valence-corrected chi connectivity index (χ4v) is 27.1. The Balaban J connectivity index is 1.36. The van der Waals surface area contributed by atoms with Crippen molar-refractivity contribution in [1.29, 1.82) is 0 Å². The van der Waals surface area contributed by atoms with Gasteiger partial charge in [0.15, 0.2) is 0 Å². The zero-order chi connectivity index (χ0) is 35.5. The zero-order valence-corrected chi connectivity index (χ0v) is 34.6. The van der Waals surface area contributed by atoms with Gasteiger partial charge in [0, 0.05) is 0 Å². The van der Waals surface area contributed by atoms with Crippen LogP contribution in [0.3, 0.4) is 0 Å². The van der Waals surface area contributed by atoms with Gasteiger partial charge < -0.3 is 0 Å². The third-order valence-corrected chi connectivity index (χ3v) is 27.6. The van der Waals surface area contributed by atoms with Crippen LogP contribution < -0.4 is 0 Å². The fraction of sp³-hybridized carbons (Fsp3) is 0.216. The van der Waals surface area contributed by atoms with E-state index in [1.165, 1.54) is 44.5 Å². The molecule has 1 heterocycles. The Morgan fingerprint density at radius 3 is 1.12 bits per heavy atom. The van der Waals surface area contributed by atoms with Crippen molar-refractivity contribution in [3.63, 3.8) is 0 Å². The Hall–Kier alpha value is -4.33. The van der Waals surface area contributed by atoms with Crippen molar-refractivity contribution >= 4 is 22.3 Å². The van der Waals surface area contributed by atoms with Gasteiger partial charge in [-0.05, 0) is 0 Å². The number of hydrogen-bond acceptors (Lipinski definition) is 0. The van der Waals surface area contributed by atoms with Gasteiger partial charge in [-0.2, -0.15) is 0 Å². The average Bonchev–Trinajstić information content (AvgIpc) is 3.75. The third-order valence-electron chi connectivity index (χ3n) is 12.6. The van der Waals surface area contributed by atoms with Crippen molar-refractivity contribution in [3.8, 4) is 22.3 Å². The topological polar surface area (TPSA) is 0 Å². The molecule has 0 fully saturated rings. The Bertz CT molecular complexity index is 2160. The number of benzene rings is 6. The van der Waals surface area contributed by atoms with Gasteiger partial charge in [0.05, 0.1) is 0 Å². The summed E-state index contributed by atoms with van der Waals surface area (Å²) in [6.45, 7) is 4.83. The minimum atomic E-state index is -3.48. The van der Waals surface area contributed by atoms with Gasteiger partial charge in [-0.3, -0.25) is 0 Å². The number of fused-ring (bicyclic) bond motifs is 8. The van der Waals surface area contributed by atoms with Crippen LogP contribution in [0, 0.1) is 5.41 Å². The predicted octanol–water partition coefficient (Wildman–Crippen LogP) is 14.5. The summed E-state index contributed by atoms with van der Waals surface area (Å²) < 4.78 is 6.52. The Morgan fingerprint density at radius 1 is 0.404 bits per heavy atom. The molecule has 6 aromatic rings. The zero-order valence-electron chi connectivity index (χ0n) is 31.0. The maximum atomic E-state index is 2.80. The van der Waals surface area contributed by atoms with Gasteiger partial charge in [-0.15, -0.1) is 0 Å². The third kappa shape index (κ3) is 5.10. The monoisotopic (exact) mass is 840 g/mol. The van der Waals surface area contributed by atoms with Crippen molar-refractivity contribution in [2.45, 2.75) is 56.2 Å². The summed E-state index contributed by atoms with van der Waals surface area (Å²) in [7, 11) is 0. The summed E-state index contributed by atoms with van der Waals surface area (Å²) in [5.41, 5.74) is 20.8. The quantitative estimate of drug-likeness (QED) is 0.134. The molecule has 256 valence electrons. The van der Waals surface area contributed by atoms with Crippen LogP contribution in [0.1, 0.15) is 80.3 Å². The molecule has 3 aliphatic rings. The summed E-state index contributed by atoms with van der Waals surface area (Å²) in [4.78, 5) is 0. The number of hydrogen-bond donors (Lipinski definition) is 0. The van der Waals surface area contributed by atoms with Crippen molar-refractivity contribution in [3.05, 3.63) is 191 Å². The molecule has 0 aromatic heterocycles. The van der Waals surface area contributed by atoms with E-state index in [0.717, 1.165) is 25.7 Å². The molecule has 1 aliphatic heterocycles. The van der Waals surface area contributed by atoms with Gasteiger partial charge in [0.25, 0.3) is 0 Å². The van der Waals surface area contributed by atoms with E-state index in [4.69, 9.17) is 0 Å². The summed E-state index contributed by atoms with van der Waals surface area (Å²) in [6.07, 6.45) is 4.56. The van der Waals surface area contributed by atoms with E-state index in [-0.39, 0.29) is 5.41 Å². The predicted molar refractivity (Wildman–Crippen MR) is 220 cm³/mol. The van der Waals surface area contributed by atoms with Crippen LogP contribution in [-0.2, 0) is 20.0 Å². The molecule has 0 saturated heterocycles. The molecule has 2 aliphatic carbocycles. The van der Waals surface area contributed by atoms with Crippen molar-refractivity contribution < 1.29 is 20.0 Å². The second kappa shape index (κ2) is 13.3. The molecule has 6 aromatic carbocycles. The molecule has 2 atom stereocenters. The molecule has 0 amide bonds. The van der Waals surface area contributed by atoms with Crippen LogP contribution >= 0.6 is 0 Å². The molecule has 0 nitrogen and oxygen atoms in total. The van der Waals surface area contributed by atoms with E-state index in [0.29, 0.717) is 7.35 Å². The molecular formula is C51H48Hf. The molecule has 2 unspecified atom stereocenters. The molecule has 1 heteroatoms. The second-order valence-corrected chi connectivity index (χ2v) is 33.1. The van der Waals surface area contributed by atoms with Crippen molar-refractivity contribution in [1.82, 2.24) is 0 Å². The first kappa shape index (κ1) is 33.5. The fourth-order valence-electron chi connectivity index (χ4n) is 10.8.